The van der Waals surface area contributed by atoms with Crippen molar-refractivity contribution in [3.05, 3.63) is 0 Å². The Bertz CT molecular complexity index is 256. The minimum atomic E-state index is -0.0362. The Morgan fingerprint density at radius 1 is 1.41 bits per heavy atom. The number of hydrogen-bond donors (Lipinski definition) is 1. The number of amides is 1. The number of methoxy groups -OCH3 is 1. The van der Waals surface area contributed by atoms with Crippen molar-refractivity contribution in [1.29, 1.82) is 0 Å². The first-order valence-electron chi connectivity index (χ1n) is 6.60. The molecule has 4 heteroatoms. The highest BCUT2D eigenvalue weighted by molar-refractivity contribution is 5.84. The van der Waals surface area contributed by atoms with Crippen molar-refractivity contribution >= 4 is 5.91 Å². The number of ether oxygens (including phenoxy) is 1. The van der Waals surface area contributed by atoms with E-state index in [1.807, 2.05) is 4.90 Å². The van der Waals surface area contributed by atoms with E-state index < -0.39 is 0 Å². The Labute approximate surface area is 105 Å². The summed E-state index contributed by atoms with van der Waals surface area (Å²) in [7, 11) is 1.68. The van der Waals surface area contributed by atoms with Gasteiger partial charge in [-0.05, 0) is 19.3 Å². The van der Waals surface area contributed by atoms with Crippen molar-refractivity contribution in [1.82, 2.24) is 10.2 Å². The predicted molar refractivity (Wildman–Crippen MR) is 68.6 cm³/mol. The monoisotopic (exact) mass is 242 g/mol. The fraction of sp³-hybridized carbons (Fsp3) is 0.923. The molecule has 0 aliphatic carbocycles. The van der Waals surface area contributed by atoms with Crippen LogP contribution < -0.4 is 5.32 Å². The van der Waals surface area contributed by atoms with Crippen LogP contribution >= 0.6 is 0 Å². The first-order chi connectivity index (χ1) is 8.02. The SMILES string of the molecule is CCCC1NC(C(C)C)C(=O)N1C(C)COC. The molecule has 0 aromatic heterocycles. The lowest BCUT2D eigenvalue weighted by atomic mass is 10.0. The number of carbonyl (C=O) groups is 1. The maximum atomic E-state index is 12.4. The summed E-state index contributed by atoms with van der Waals surface area (Å²) in [4.78, 5) is 14.3. The molecule has 0 spiro atoms. The molecule has 3 unspecified atom stereocenters. The Kier molecular flexibility index (Phi) is 5.40. The van der Waals surface area contributed by atoms with E-state index in [4.69, 9.17) is 4.74 Å². The predicted octanol–water partition coefficient (Wildman–Crippen LogP) is 1.60. The fourth-order valence-electron chi connectivity index (χ4n) is 2.49. The van der Waals surface area contributed by atoms with Gasteiger partial charge in [-0.25, -0.2) is 0 Å². The molecule has 1 aliphatic heterocycles. The van der Waals surface area contributed by atoms with Gasteiger partial charge in [0.2, 0.25) is 5.91 Å². The summed E-state index contributed by atoms with van der Waals surface area (Å²) in [6.45, 7) is 8.97. The minimum Gasteiger partial charge on any atom is -0.383 e. The highest BCUT2D eigenvalue weighted by Gasteiger charge is 2.41. The highest BCUT2D eigenvalue weighted by atomic mass is 16.5. The van der Waals surface area contributed by atoms with Crippen molar-refractivity contribution in [2.75, 3.05) is 13.7 Å². The smallest absolute Gasteiger partial charge is 0.241 e. The zero-order valence-corrected chi connectivity index (χ0v) is 11.7. The Hall–Kier alpha value is -0.610. The molecule has 4 nitrogen and oxygen atoms in total. The van der Waals surface area contributed by atoms with Gasteiger partial charge in [0, 0.05) is 7.11 Å². The molecular weight excluding hydrogens is 216 g/mol. The largest absolute Gasteiger partial charge is 0.383 e. The topological polar surface area (TPSA) is 41.6 Å². The van der Waals surface area contributed by atoms with E-state index >= 15 is 0 Å². The highest BCUT2D eigenvalue weighted by Crippen LogP contribution is 2.22. The van der Waals surface area contributed by atoms with Crippen LogP contribution in [0.1, 0.15) is 40.5 Å². The van der Waals surface area contributed by atoms with E-state index in [-0.39, 0.29) is 24.2 Å². The summed E-state index contributed by atoms with van der Waals surface area (Å²) in [6.07, 6.45) is 2.25. The molecule has 0 aromatic rings. The van der Waals surface area contributed by atoms with Crippen LogP contribution in [0.15, 0.2) is 0 Å². The van der Waals surface area contributed by atoms with Gasteiger partial charge in [-0.15, -0.1) is 0 Å². The van der Waals surface area contributed by atoms with E-state index in [0.717, 1.165) is 12.8 Å². The molecule has 1 N–H and O–H groups in total. The zero-order valence-electron chi connectivity index (χ0n) is 11.7. The standard InChI is InChI=1S/C13H26N2O2/c1-6-7-11-14-12(9(2)3)13(16)15(11)10(4)8-17-5/h9-12,14H,6-8H2,1-5H3. The number of rotatable bonds is 6. The molecule has 1 aliphatic rings. The van der Waals surface area contributed by atoms with Crippen molar-refractivity contribution in [2.45, 2.75) is 58.8 Å². The molecule has 1 saturated heterocycles. The van der Waals surface area contributed by atoms with Crippen LogP contribution in [-0.4, -0.2) is 42.8 Å². The van der Waals surface area contributed by atoms with E-state index in [1.54, 1.807) is 7.11 Å². The van der Waals surface area contributed by atoms with Crippen molar-refractivity contribution in [3.8, 4) is 0 Å². The Morgan fingerprint density at radius 2 is 2.06 bits per heavy atom. The van der Waals surface area contributed by atoms with Crippen LogP contribution in [0.2, 0.25) is 0 Å². The van der Waals surface area contributed by atoms with Gasteiger partial charge < -0.3 is 9.64 Å². The van der Waals surface area contributed by atoms with Gasteiger partial charge in [-0.2, -0.15) is 0 Å². The van der Waals surface area contributed by atoms with Crippen LogP contribution in [0, 0.1) is 5.92 Å². The lowest BCUT2D eigenvalue weighted by molar-refractivity contribution is -0.133. The van der Waals surface area contributed by atoms with Crippen LogP contribution in [0.3, 0.4) is 0 Å². The van der Waals surface area contributed by atoms with E-state index in [1.165, 1.54) is 0 Å². The second-order valence-electron chi connectivity index (χ2n) is 5.24. The number of carbonyl (C=O) groups excluding carboxylic acids is 1. The first kappa shape index (κ1) is 14.5. The number of nitrogens with one attached hydrogen (secondary N) is 1. The lowest BCUT2D eigenvalue weighted by Gasteiger charge is -2.29. The van der Waals surface area contributed by atoms with Crippen LogP contribution in [0.25, 0.3) is 0 Å². The molecule has 3 atom stereocenters. The zero-order chi connectivity index (χ0) is 13.0. The molecule has 0 aromatic carbocycles. The molecular formula is C13H26N2O2. The summed E-state index contributed by atoms with van der Waals surface area (Å²) in [5, 5.41) is 3.45. The molecule has 1 rings (SSSR count). The van der Waals surface area contributed by atoms with Crippen LogP contribution in [-0.2, 0) is 9.53 Å². The third-order valence-corrected chi connectivity index (χ3v) is 3.34. The molecule has 100 valence electrons. The van der Waals surface area contributed by atoms with Crippen molar-refractivity contribution in [3.63, 3.8) is 0 Å². The first-order valence-corrected chi connectivity index (χ1v) is 6.60. The average Bonchev–Trinajstić information content (AvgIpc) is 2.56. The minimum absolute atomic E-state index is 0.0362. The van der Waals surface area contributed by atoms with Gasteiger partial charge in [0.25, 0.3) is 0 Å². The van der Waals surface area contributed by atoms with E-state index in [2.05, 4.69) is 33.0 Å². The summed E-state index contributed by atoms with van der Waals surface area (Å²) in [5.74, 6) is 0.560. The fourth-order valence-corrected chi connectivity index (χ4v) is 2.49. The van der Waals surface area contributed by atoms with Gasteiger partial charge in [0.05, 0.1) is 24.9 Å². The molecule has 1 amide bonds. The summed E-state index contributed by atoms with van der Waals surface area (Å²) in [6, 6.07) is 0.103. The summed E-state index contributed by atoms with van der Waals surface area (Å²) < 4.78 is 5.16. The second kappa shape index (κ2) is 6.36. The molecule has 1 heterocycles. The normalized spacial score (nSPS) is 26.9. The number of hydrogen-bond acceptors (Lipinski definition) is 3. The summed E-state index contributed by atoms with van der Waals surface area (Å²) >= 11 is 0. The third kappa shape index (κ3) is 3.19. The molecule has 1 fully saturated rings. The van der Waals surface area contributed by atoms with Crippen molar-refractivity contribution in [2.24, 2.45) is 5.92 Å². The Morgan fingerprint density at radius 3 is 2.53 bits per heavy atom. The van der Waals surface area contributed by atoms with Gasteiger partial charge >= 0.3 is 0 Å². The van der Waals surface area contributed by atoms with Gasteiger partial charge in [-0.1, -0.05) is 27.2 Å². The average molecular weight is 242 g/mol. The van der Waals surface area contributed by atoms with Crippen LogP contribution in [0.5, 0.6) is 0 Å². The molecule has 0 saturated carbocycles. The molecule has 0 radical (unpaired) electrons. The molecule has 0 bridgehead atoms. The second-order valence-corrected chi connectivity index (χ2v) is 5.24. The van der Waals surface area contributed by atoms with Gasteiger partial charge in [-0.3, -0.25) is 10.1 Å². The third-order valence-electron chi connectivity index (χ3n) is 3.34. The van der Waals surface area contributed by atoms with Crippen molar-refractivity contribution < 1.29 is 9.53 Å². The maximum Gasteiger partial charge on any atom is 0.241 e. The quantitative estimate of drug-likeness (QED) is 0.769. The number of nitrogens with zero attached hydrogens (tertiary/aromatic N) is 1. The van der Waals surface area contributed by atoms with E-state index in [0.29, 0.717) is 12.5 Å². The maximum absolute atomic E-state index is 12.4. The molecule has 17 heavy (non-hydrogen) atoms. The summed E-state index contributed by atoms with van der Waals surface area (Å²) in [5.41, 5.74) is 0. The Balaban J connectivity index is 2.78. The van der Waals surface area contributed by atoms with Crippen LogP contribution in [0.4, 0.5) is 0 Å². The lowest BCUT2D eigenvalue weighted by Crippen LogP contribution is -2.45. The van der Waals surface area contributed by atoms with Gasteiger partial charge in [0.1, 0.15) is 0 Å². The van der Waals surface area contributed by atoms with Gasteiger partial charge in [0.15, 0.2) is 0 Å². The van der Waals surface area contributed by atoms with E-state index in [9.17, 15) is 4.79 Å².